The minimum absolute atomic E-state index is 0.0273. The molecule has 1 aliphatic heterocycles. The zero-order valence-corrected chi connectivity index (χ0v) is 23.6. The molecule has 1 aliphatic carbocycles. The van der Waals surface area contributed by atoms with Gasteiger partial charge in [-0.05, 0) is 63.8 Å². The Balaban J connectivity index is 1.34. The average molecular weight is 568 g/mol. The topological polar surface area (TPSA) is 124 Å². The largest absolute Gasteiger partial charge is 0.445 e. The smallest absolute Gasteiger partial charge is 0.407 e. The number of ether oxygens (including phenoxy) is 2. The van der Waals surface area contributed by atoms with Crippen molar-refractivity contribution >= 4 is 32.9 Å². The maximum Gasteiger partial charge on any atom is 0.407 e. The molecule has 1 saturated carbocycles. The molecule has 2 heterocycles. The second-order valence-corrected chi connectivity index (χ2v) is 13.2. The lowest BCUT2D eigenvalue weighted by atomic mass is 9.98. The quantitative estimate of drug-likeness (QED) is 0.431. The van der Waals surface area contributed by atoms with Gasteiger partial charge in [-0.1, -0.05) is 36.4 Å². The van der Waals surface area contributed by atoms with Crippen LogP contribution in [-0.2, 0) is 37.6 Å². The van der Waals surface area contributed by atoms with Gasteiger partial charge in [-0.2, -0.15) is 4.31 Å². The molecule has 11 heteroatoms. The number of hydrogen-bond acceptors (Lipinski definition) is 7. The molecule has 10 nitrogen and oxygen atoms in total. The molecule has 1 N–H and O–H groups in total. The first kappa shape index (κ1) is 27.9. The van der Waals surface area contributed by atoms with Crippen LogP contribution in [0.2, 0.25) is 0 Å². The summed E-state index contributed by atoms with van der Waals surface area (Å²) in [7, 11) is -4.00. The third kappa shape index (κ3) is 5.23. The number of rotatable bonds is 7. The van der Waals surface area contributed by atoms with Gasteiger partial charge in [0.05, 0.1) is 21.9 Å². The van der Waals surface area contributed by atoms with Crippen molar-refractivity contribution in [2.75, 3.05) is 6.54 Å². The normalized spacial score (nSPS) is 18.5. The van der Waals surface area contributed by atoms with Crippen LogP contribution in [0.15, 0.2) is 70.5 Å². The Kier molecular flexibility index (Phi) is 7.22. The Bertz CT molecular complexity index is 1610. The average Bonchev–Trinajstić information content (AvgIpc) is 3.63. The Morgan fingerprint density at radius 2 is 1.73 bits per heavy atom. The van der Waals surface area contributed by atoms with Crippen LogP contribution >= 0.6 is 0 Å². The minimum atomic E-state index is -4.00. The van der Waals surface area contributed by atoms with Gasteiger partial charge in [0, 0.05) is 23.5 Å². The number of aromatic nitrogens is 1. The Morgan fingerprint density at radius 3 is 2.40 bits per heavy atom. The lowest BCUT2D eigenvalue weighted by Gasteiger charge is -2.28. The third-order valence-corrected chi connectivity index (χ3v) is 9.57. The molecule has 1 atom stereocenters. The highest BCUT2D eigenvalue weighted by atomic mass is 32.2. The number of hydrogen-bond donors (Lipinski definition) is 1. The second-order valence-electron chi connectivity index (χ2n) is 11.3. The third-order valence-electron chi connectivity index (χ3n) is 7.53. The van der Waals surface area contributed by atoms with Gasteiger partial charge >= 0.3 is 12.1 Å². The summed E-state index contributed by atoms with van der Waals surface area (Å²) < 4.78 is 41.3. The fourth-order valence-corrected chi connectivity index (χ4v) is 7.27. The van der Waals surface area contributed by atoms with Crippen LogP contribution in [0.1, 0.15) is 45.6 Å². The van der Waals surface area contributed by atoms with Crippen LogP contribution in [0.25, 0.3) is 10.8 Å². The van der Waals surface area contributed by atoms with Crippen molar-refractivity contribution < 1.29 is 27.5 Å². The van der Waals surface area contributed by atoms with E-state index in [9.17, 15) is 22.8 Å². The van der Waals surface area contributed by atoms with Crippen LogP contribution in [-0.4, -0.2) is 47.5 Å². The van der Waals surface area contributed by atoms with E-state index in [0.29, 0.717) is 24.6 Å². The zero-order chi connectivity index (χ0) is 28.7. The number of pyridine rings is 1. The van der Waals surface area contributed by atoms with Gasteiger partial charge in [0.15, 0.2) is 6.73 Å². The number of amides is 1. The van der Waals surface area contributed by atoms with Crippen LogP contribution in [0.3, 0.4) is 0 Å². The SMILES string of the molecule is CC(C)(C)C(=O)OCn1ccc2c(S(=O)(=O)N3CCC(NC(=O)OCc4ccccc4)C34CC4)cccc2c1=O. The molecule has 1 unspecified atom stereocenters. The van der Waals surface area contributed by atoms with E-state index in [2.05, 4.69) is 5.32 Å². The lowest BCUT2D eigenvalue weighted by Crippen LogP contribution is -2.48. The number of nitrogens with zero attached hydrogens (tertiary/aromatic N) is 2. The van der Waals surface area contributed by atoms with Crippen molar-refractivity contribution in [3.8, 4) is 0 Å². The van der Waals surface area contributed by atoms with Gasteiger partial charge < -0.3 is 14.8 Å². The lowest BCUT2D eigenvalue weighted by molar-refractivity contribution is -0.157. The number of fused-ring (bicyclic) bond motifs is 1. The standard InChI is InChI=1S/C29H33N3O7S/c1-28(2,3)26(34)39-19-31-16-12-21-22(25(31)33)10-7-11-23(21)40(36,37)32-17-13-24(29(32)14-15-29)30-27(35)38-18-20-8-5-4-6-9-20/h4-12,16,24H,13-15,17-19H2,1-3H3,(H,30,35). The molecule has 1 spiro atoms. The van der Waals surface area contributed by atoms with Crippen molar-refractivity contribution in [2.24, 2.45) is 5.41 Å². The molecule has 1 amide bonds. The number of carbonyl (C=O) groups is 2. The summed E-state index contributed by atoms with van der Waals surface area (Å²) >= 11 is 0. The monoisotopic (exact) mass is 567 g/mol. The Morgan fingerprint density at radius 1 is 1.00 bits per heavy atom. The summed E-state index contributed by atoms with van der Waals surface area (Å²) in [4.78, 5) is 37.9. The summed E-state index contributed by atoms with van der Waals surface area (Å²) in [6.45, 7) is 5.24. The zero-order valence-electron chi connectivity index (χ0n) is 22.8. The fourth-order valence-electron chi connectivity index (χ4n) is 5.19. The highest BCUT2D eigenvalue weighted by molar-refractivity contribution is 7.89. The van der Waals surface area contributed by atoms with Gasteiger partial charge in [-0.25, -0.2) is 13.2 Å². The predicted octanol–water partition coefficient (Wildman–Crippen LogP) is 3.77. The van der Waals surface area contributed by atoms with Crippen molar-refractivity contribution in [3.63, 3.8) is 0 Å². The first-order valence-electron chi connectivity index (χ1n) is 13.2. The number of nitrogens with one attached hydrogen (secondary N) is 1. The molecule has 5 rings (SSSR count). The maximum absolute atomic E-state index is 14.0. The number of sulfonamides is 1. The van der Waals surface area contributed by atoms with E-state index in [-0.39, 0.29) is 36.2 Å². The van der Waals surface area contributed by atoms with E-state index >= 15 is 0 Å². The highest BCUT2D eigenvalue weighted by Crippen LogP contribution is 2.52. The molecule has 1 aromatic heterocycles. The number of carbonyl (C=O) groups excluding carboxylic acids is 2. The first-order chi connectivity index (χ1) is 18.9. The van der Waals surface area contributed by atoms with E-state index in [4.69, 9.17) is 9.47 Å². The summed E-state index contributed by atoms with van der Waals surface area (Å²) in [6, 6.07) is 15.1. The Hall–Kier alpha value is -3.70. The van der Waals surface area contributed by atoms with Crippen molar-refractivity contribution in [2.45, 2.75) is 69.8 Å². The minimum Gasteiger partial charge on any atom is -0.445 e. The van der Waals surface area contributed by atoms with Crippen molar-refractivity contribution in [1.82, 2.24) is 14.2 Å². The molecule has 3 aromatic rings. The molecule has 2 aromatic carbocycles. The molecule has 1 saturated heterocycles. The number of alkyl carbamates (subject to hydrolysis) is 1. The number of benzene rings is 2. The van der Waals surface area contributed by atoms with Crippen LogP contribution < -0.4 is 10.9 Å². The summed E-state index contributed by atoms with van der Waals surface area (Å²) in [5, 5.41) is 3.38. The Labute approximate surface area is 232 Å². The van der Waals surface area contributed by atoms with Gasteiger partial charge in [0.2, 0.25) is 10.0 Å². The van der Waals surface area contributed by atoms with E-state index < -0.39 is 38.6 Å². The molecular formula is C29H33N3O7S. The molecule has 40 heavy (non-hydrogen) atoms. The van der Waals surface area contributed by atoms with Crippen LogP contribution in [0.4, 0.5) is 4.79 Å². The van der Waals surface area contributed by atoms with Gasteiger partial charge in [-0.3, -0.25) is 14.2 Å². The van der Waals surface area contributed by atoms with E-state index in [1.807, 2.05) is 30.3 Å². The molecule has 212 valence electrons. The first-order valence-corrected chi connectivity index (χ1v) is 14.7. The maximum atomic E-state index is 14.0. The van der Waals surface area contributed by atoms with E-state index in [0.717, 1.165) is 5.56 Å². The van der Waals surface area contributed by atoms with Crippen molar-refractivity contribution in [3.05, 3.63) is 76.7 Å². The van der Waals surface area contributed by atoms with Gasteiger partial charge in [-0.15, -0.1) is 0 Å². The summed E-state index contributed by atoms with van der Waals surface area (Å²) in [5.74, 6) is -0.452. The van der Waals surface area contributed by atoms with Crippen molar-refractivity contribution in [1.29, 1.82) is 0 Å². The number of esters is 1. The molecule has 2 fully saturated rings. The highest BCUT2D eigenvalue weighted by Gasteiger charge is 2.62. The predicted molar refractivity (Wildman–Crippen MR) is 148 cm³/mol. The van der Waals surface area contributed by atoms with Crippen LogP contribution in [0.5, 0.6) is 0 Å². The van der Waals surface area contributed by atoms with E-state index in [1.165, 1.54) is 27.2 Å². The summed E-state index contributed by atoms with van der Waals surface area (Å²) in [5.41, 5.74) is -1.04. The van der Waals surface area contributed by atoms with Crippen LogP contribution in [0, 0.1) is 5.41 Å². The molecule has 0 bridgehead atoms. The van der Waals surface area contributed by atoms with E-state index in [1.54, 1.807) is 32.9 Å². The van der Waals surface area contributed by atoms with Gasteiger partial charge in [0.25, 0.3) is 5.56 Å². The fraction of sp³-hybridized carbons (Fsp3) is 0.414. The molecule has 2 aliphatic rings. The summed E-state index contributed by atoms with van der Waals surface area (Å²) in [6.07, 6.45) is 2.54. The second kappa shape index (κ2) is 10.4. The molecule has 0 radical (unpaired) electrons. The van der Waals surface area contributed by atoms with Gasteiger partial charge in [0.1, 0.15) is 6.61 Å². The molecular weight excluding hydrogens is 534 g/mol.